The van der Waals surface area contributed by atoms with Crippen molar-refractivity contribution in [3.05, 3.63) is 120 Å². The summed E-state index contributed by atoms with van der Waals surface area (Å²) in [6, 6.07) is 40.4. The number of hydrogen-bond donors (Lipinski definition) is 0. The molecule has 148 valence electrons. The van der Waals surface area contributed by atoms with Crippen molar-refractivity contribution >= 4 is 54.7 Å². The maximum absolute atomic E-state index is 10.4. The van der Waals surface area contributed by atoms with Crippen molar-refractivity contribution < 1.29 is 0 Å². The first-order valence-electron chi connectivity index (χ1n) is 10.8. The number of rotatable bonds is 2. The monoisotopic (exact) mass is 405 g/mol. The molecule has 0 amide bonds. The molecule has 0 aliphatic rings. The molecule has 0 saturated heterocycles. The van der Waals surface area contributed by atoms with Gasteiger partial charge in [-0.3, -0.25) is 0 Å². The van der Waals surface area contributed by atoms with Crippen LogP contribution in [0.2, 0.25) is 0 Å². The van der Waals surface area contributed by atoms with Gasteiger partial charge in [-0.25, -0.2) is 0 Å². The highest BCUT2D eigenvalue weighted by Gasteiger charge is 2.14. The zero-order chi connectivity index (χ0) is 21.5. The molecule has 0 aliphatic heterocycles. The summed E-state index contributed by atoms with van der Waals surface area (Å²) in [5.41, 5.74) is 2.77. The van der Waals surface area contributed by atoms with Gasteiger partial charge in [-0.15, -0.1) is 0 Å². The Balaban J connectivity index is 1.76. The summed E-state index contributed by atoms with van der Waals surface area (Å²) in [4.78, 5) is 0. The highest BCUT2D eigenvalue weighted by atomic mass is 14.3. The van der Waals surface area contributed by atoms with Crippen molar-refractivity contribution in [3.63, 3.8) is 0 Å². The van der Waals surface area contributed by atoms with E-state index in [0.29, 0.717) is 5.57 Å². The lowest BCUT2D eigenvalue weighted by molar-refractivity contribution is 1.54. The van der Waals surface area contributed by atoms with E-state index in [2.05, 4.69) is 109 Å². The number of nitriles is 1. The van der Waals surface area contributed by atoms with Crippen LogP contribution in [0.3, 0.4) is 0 Å². The summed E-state index contributed by atoms with van der Waals surface area (Å²) < 4.78 is 0. The van der Waals surface area contributed by atoms with E-state index in [-0.39, 0.29) is 0 Å². The van der Waals surface area contributed by atoms with E-state index in [9.17, 15) is 5.26 Å². The molecule has 0 N–H and O–H groups in total. The largest absolute Gasteiger partial charge is 0.192 e. The zero-order valence-electron chi connectivity index (χ0n) is 17.4. The Hall–Kier alpha value is -4.41. The lowest BCUT2D eigenvalue weighted by atomic mass is 9.89. The molecule has 0 spiro atoms. The van der Waals surface area contributed by atoms with Gasteiger partial charge in [0.15, 0.2) is 0 Å². The van der Waals surface area contributed by atoms with Crippen LogP contribution in [-0.2, 0) is 0 Å². The van der Waals surface area contributed by atoms with Crippen LogP contribution >= 0.6 is 0 Å². The summed E-state index contributed by atoms with van der Waals surface area (Å²) in [5.74, 6) is 0. The Morgan fingerprint density at radius 1 is 0.531 bits per heavy atom. The van der Waals surface area contributed by atoms with Crippen LogP contribution in [0.1, 0.15) is 11.1 Å². The third-order valence-electron chi connectivity index (χ3n) is 6.26. The standard InChI is InChI=1S/C31H19N/c32-20-25(31-28-15-7-3-11-23(28)18-24-12-4-8-16-29(24)31)19-30-26-13-5-1-9-21(26)17-22-10-2-6-14-27(22)30/h1-19H/b25-19+. The summed E-state index contributed by atoms with van der Waals surface area (Å²) >= 11 is 0. The van der Waals surface area contributed by atoms with Gasteiger partial charge in [0.1, 0.15) is 0 Å². The molecule has 0 radical (unpaired) electrons. The van der Waals surface area contributed by atoms with Gasteiger partial charge in [0.2, 0.25) is 0 Å². The van der Waals surface area contributed by atoms with E-state index in [4.69, 9.17) is 0 Å². The van der Waals surface area contributed by atoms with E-state index in [1.54, 1.807) is 0 Å². The fourth-order valence-electron chi connectivity index (χ4n) is 4.81. The Kier molecular flexibility index (Phi) is 4.23. The van der Waals surface area contributed by atoms with Crippen molar-refractivity contribution in [2.45, 2.75) is 0 Å². The average Bonchev–Trinajstić information content (AvgIpc) is 2.85. The lowest BCUT2D eigenvalue weighted by Gasteiger charge is -2.13. The fourth-order valence-corrected chi connectivity index (χ4v) is 4.81. The van der Waals surface area contributed by atoms with Crippen molar-refractivity contribution in [2.75, 3.05) is 0 Å². The van der Waals surface area contributed by atoms with Gasteiger partial charge in [-0.05, 0) is 66.9 Å². The fraction of sp³-hybridized carbons (Fsp3) is 0. The van der Waals surface area contributed by atoms with E-state index in [1.165, 1.54) is 10.8 Å². The topological polar surface area (TPSA) is 23.8 Å². The van der Waals surface area contributed by atoms with Gasteiger partial charge in [0.25, 0.3) is 0 Å². The Morgan fingerprint density at radius 2 is 0.906 bits per heavy atom. The molecule has 0 atom stereocenters. The maximum Gasteiger partial charge on any atom is 0.0998 e. The summed E-state index contributed by atoms with van der Waals surface area (Å²) in [7, 11) is 0. The van der Waals surface area contributed by atoms with Crippen LogP contribution in [0.15, 0.2) is 109 Å². The summed E-state index contributed by atoms with van der Waals surface area (Å²) in [6.45, 7) is 0. The first-order chi connectivity index (χ1) is 15.8. The lowest BCUT2D eigenvalue weighted by Crippen LogP contribution is -1.90. The molecular weight excluding hydrogens is 386 g/mol. The molecule has 1 heteroatoms. The Bertz CT molecular complexity index is 1620. The van der Waals surface area contributed by atoms with E-state index in [1.807, 2.05) is 12.1 Å². The van der Waals surface area contributed by atoms with Crippen molar-refractivity contribution in [1.82, 2.24) is 0 Å². The van der Waals surface area contributed by atoms with Gasteiger partial charge in [-0.2, -0.15) is 5.26 Å². The highest BCUT2D eigenvalue weighted by Crippen LogP contribution is 2.36. The minimum atomic E-state index is 0.680. The minimum Gasteiger partial charge on any atom is -0.192 e. The molecular formula is C31H19N. The highest BCUT2D eigenvalue weighted by molar-refractivity contribution is 6.16. The molecule has 0 saturated carbocycles. The molecule has 6 aromatic carbocycles. The molecule has 6 rings (SSSR count). The molecule has 6 aromatic rings. The van der Waals surface area contributed by atoms with Gasteiger partial charge >= 0.3 is 0 Å². The van der Waals surface area contributed by atoms with Gasteiger partial charge in [0.05, 0.1) is 11.6 Å². The first-order valence-corrected chi connectivity index (χ1v) is 10.8. The number of allylic oxidation sites excluding steroid dienone is 1. The van der Waals surface area contributed by atoms with E-state index >= 15 is 0 Å². The van der Waals surface area contributed by atoms with Crippen LogP contribution in [0.25, 0.3) is 54.7 Å². The van der Waals surface area contributed by atoms with E-state index < -0.39 is 0 Å². The zero-order valence-corrected chi connectivity index (χ0v) is 17.4. The van der Waals surface area contributed by atoms with E-state index in [0.717, 1.165) is 43.4 Å². The number of benzene rings is 6. The molecule has 1 nitrogen and oxygen atoms in total. The average molecular weight is 406 g/mol. The third-order valence-corrected chi connectivity index (χ3v) is 6.26. The van der Waals surface area contributed by atoms with Crippen molar-refractivity contribution in [3.8, 4) is 6.07 Å². The number of fused-ring (bicyclic) bond motifs is 4. The molecule has 0 bridgehead atoms. The second-order valence-electron chi connectivity index (χ2n) is 8.10. The molecule has 32 heavy (non-hydrogen) atoms. The van der Waals surface area contributed by atoms with Crippen LogP contribution in [-0.4, -0.2) is 0 Å². The Morgan fingerprint density at radius 3 is 1.34 bits per heavy atom. The smallest absolute Gasteiger partial charge is 0.0998 e. The number of hydrogen-bond acceptors (Lipinski definition) is 1. The van der Waals surface area contributed by atoms with Crippen LogP contribution < -0.4 is 0 Å². The number of nitrogens with zero attached hydrogens (tertiary/aromatic N) is 1. The molecule has 0 unspecified atom stereocenters. The van der Waals surface area contributed by atoms with Crippen LogP contribution in [0.5, 0.6) is 0 Å². The normalized spacial score (nSPS) is 11.9. The molecule has 0 aliphatic carbocycles. The minimum absolute atomic E-state index is 0.680. The van der Waals surface area contributed by atoms with Crippen molar-refractivity contribution in [1.29, 1.82) is 5.26 Å². The predicted octanol–water partition coefficient (Wildman–Crippen LogP) is 8.36. The van der Waals surface area contributed by atoms with Gasteiger partial charge in [0, 0.05) is 5.56 Å². The molecule has 0 heterocycles. The quantitative estimate of drug-likeness (QED) is 0.161. The van der Waals surface area contributed by atoms with Gasteiger partial charge in [-0.1, -0.05) is 97.1 Å². The second kappa shape index (κ2) is 7.38. The SMILES string of the molecule is N#C/C(=C\c1c2ccccc2cc2ccccc12)c1c2ccccc2cc2ccccc12. The van der Waals surface area contributed by atoms with Crippen LogP contribution in [0.4, 0.5) is 0 Å². The molecule has 0 fully saturated rings. The predicted molar refractivity (Wildman–Crippen MR) is 136 cm³/mol. The third kappa shape index (κ3) is 2.86. The second-order valence-corrected chi connectivity index (χ2v) is 8.10. The van der Waals surface area contributed by atoms with Crippen molar-refractivity contribution in [2.24, 2.45) is 0 Å². The first kappa shape index (κ1) is 18.4. The summed E-state index contributed by atoms with van der Waals surface area (Å²) in [5, 5.41) is 19.5. The van der Waals surface area contributed by atoms with Gasteiger partial charge < -0.3 is 0 Å². The summed E-state index contributed by atoms with van der Waals surface area (Å²) in [6.07, 6.45) is 2.08. The van der Waals surface area contributed by atoms with Crippen LogP contribution in [0, 0.1) is 11.3 Å². The molecule has 0 aromatic heterocycles. The Labute approximate surface area is 186 Å². The maximum atomic E-state index is 10.4.